The summed E-state index contributed by atoms with van der Waals surface area (Å²) in [5.41, 5.74) is 1.50. The third kappa shape index (κ3) is 2.49. The van der Waals surface area contributed by atoms with Crippen LogP contribution in [-0.4, -0.2) is 26.2 Å². The van der Waals surface area contributed by atoms with E-state index in [0.29, 0.717) is 34.0 Å². The van der Waals surface area contributed by atoms with Crippen molar-refractivity contribution in [2.45, 2.75) is 18.6 Å². The molecule has 6 heteroatoms. The van der Waals surface area contributed by atoms with Crippen LogP contribution in [0.1, 0.15) is 23.0 Å². The Kier molecular flexibility index (Phi) is 4.09. The van der Waals surface area contributed by atoms with Gasteiger partial charge in [0.1, 0.15) is 5.65 Å². The van der Waals surface area contributed by atoms with Crippen molar-refractivity contribution in [3.63, 3.8) is 0 Å². The second-order valence-electron chi connectivity index (χ2n) is 5.17. The number of thioether (sulfide) groups is 1. The number of ketones is 1. The van der Waals surface area contributed by atoms with E-state index >= 15 is 0 Å². The summed E-state index contributed by atoms with van der Waals surface area (Å²) in [5.74, 6) is -0.112. The van der Waals surface area contributed by atoms with Crippen LogP contribution in [0, 0.1) is 0 Å². The standard InChI is InChI=1S/C17H17N3O2S/c1-4-20-16(22)12-10-13(14(21)11-8-6-5-7-9-11)19(2)15(12)18-17(20)23-3/h5-10H,4H2,1-3H3. The Morgan fingerprint density at radius 2 is 1.96 bits per heavy atom. The summed E-state index contributed by atoms with van der Waals surface area (Å²) in [7, 11) is 1.77. The summed E-state index contributed by atoms with van der Waals surface area (Å²) >= 11 is 1.43. The largest absolute Gasteiger partial charge is 0.325 e. The fourth-order valence-electron chi connectivity index (χ4n) is 2.66. The Balaban J connectivity index is 2.25. The quantitative estimate of drug-likeness (QED) is 0.420. The molecule has 0 unspecified atom stereocenters. The molecule has 0 aliphatic rings. The van der Waals surface area contributed by atoms with Gasteiger partial charge in [-0.15, -0.1) is 0 Å². The van der Waals surface area contributed by atoms with Gasteiger partial charge in [-0.05, 0) is 19.2 Å². The van der Waals surface area contributed by atoms with Crippen LogP contribution in [0.5, 0.6) is 0 Å². The highest BCUT2D eigenvalue weighted by Crippen LogP contribution is 2.20. The molecule has 0 saturated heterocycles. The number of aryl methyl sites for hydroxylation is 1. The van der Waals surface area contributed by atoms with Gasteiger partial charge in [-0.25, -0.2) is 4.98 Å². The van der Waals surface area contributed by atoms with E-state index in [9.17, 15) is 9.59 Å². The highest BCUT2D eigenvalue weighted by atomic mass is 32.2. The lowest BCUT2D eigenvalue weighted by Gasteiger charge is -2.08. The van der Waals surface area contributed by atoms with Crippen LogP contribution < -0.4 is 5.56 Å². The van der Waals surface area contributed by atoms with Gasteiger partial charge in [-0.1, -0.05) is 42.1 Å². The van der Waals surface area contributed by atoms with Crippen molar-refractivity contribution in [1.29, 1.82) is 0 Å². The smallest absolute Gasteiger partial charge is 0.263 e. The van der Waals surface area contributed by atoms with Gasteiger partial charge in [-0.2, -0.15) is 0 Å². The zero-order valence-electron chi connectivity index (χ0n) is 13.2. The first-order chi connectivity index (χ1) is 11.1. The van der Waals surface area contributed by atoms with Crippen molar-refractivity contribution in [1.82, 2.24) is 14.1 Å². The minimum absolute atomic E-state index is 0.107. The summed E-state index contributed by atoms with van der Waals surface area (Å²) in [6, 6.07) is 10.7. The molecule has 2 heterocycles. The Morgan fingerprint density at radius 1 is 1.26 bits per heavy atom. The Labute approximate surface area is 138 Å². The third-order valence-corrected chi connectivity index (χ3v) is 4.55. The molecule has 1 aromatic carbocycles. The molecule has 0 bridgehead atoms. The molecule has 3 aromatic rings. The van der Waals surface area contributed by atoms with Crippen LogP contribution in [0.3, 0.4) is 0 Å². The van der Waals surface area contributed by atoms with Gasteiger partial charge < -0.3 is 4.57 Å². The van der Waals surface area contributed by atoms with E-state index in [1.165, 1.54) is 11.8 Å². The SMILES string of the molecule is CCn1c(SC)nc2c(cc(C(=O)c3ccccc3)n2C)c1=O. The molecule has 0 fully saturated rings. The lowest BCUT2D eigenvalue weighted by molar-refractivity contribution is 0.103. The number of benzene rings is 1. The lowest BCUT2D eigenvalue weighted by atomic mass is 10.1. The molecule has 0 amide bonds. The number of carbonyl (C=O) groups is 1. The Hall–Kier alpha value is -2.34. The normalized spacial score (nSPS) is 11.1. The van der Waals surface area contributed by atoms with Crippen LogP contribution in [0.25, 0.3) is 11.0 Å². The third-order valence-electron chi connectivity index (χ3n) is 3.88. The van der Waals surface area contributed by atoms with E-state index in [1.807, 2.05) is 31.4 Å². The minimum atomic E-state index is -0.112. The Bertz CT molecular complexity index is 942. The van der Waals surface area contributed by atoms with Gasteiger partial charge in [-0.3, -0.25) is 14.2 Å². The molecule has 118 valence electrons. The predicted molar refractivity (Wildman–Crippen MR) is 92.3 cm³/mol. The van der Waals surface area contributed by atoms with E-state index < -0.39 is 0 Å². The highest BCUT2D eigenvalue weighted by Gasteiger charge is 2.19. The minimum Gasteiger partial charge on any atom is -0.325 e. The van der Waals surface area contributed by atoms with Crippen molar-refractivity contribution in [3.05, 3.63) is 58.0 Å². The summed E-state index contributed by atoms with van der Waals surface area (Å²) in [4.78, 5) is 29.9. The fraction of sp³-hybridized carbons (Fsp3) is 0.235. The van der Waals surface area contributed by atoms with Crippen molar-refractivity contribution >= 4 is 28.6 Å². The number of carbonyl (C=O) groups excluding carboxylic acids is 1. The zero-order chi connectivity index (χ0) is 16.6. The molecule has 3 rings (SSSR count). The van der Waals surface area contributed by atoms with Crippen molar-refractivity contribution in [3.8, 4) is 0 Å². The maximum absolute atomic E-state index is 12.7. The number of fused-ring (bicyclic) bond motifs is 1. The molecule has 5 nitrogen and oxygen atoms in total. The van der Waals surface area contributed by atoms with Gasteiger partial charge in [0, 0.05) is 19.2 Å². The number of aromatic nitrogens is 3. The maximum Gasteiger partial charge on any atom is 0.263 e. The van der Waals surface area contributed by atoms with Crippen LogP contribution in [-0.2, 0) is 13.6 Å². The molecule has 0 spiro atoms. The van der Waals surface area contributed by atoms with E-state index in [1.54, 1.807) is 34.4 Å². The molecule has 0 N–H and O–H groups in total. The number of hydrogen-bond donors (Lipinski definition) is 0. The molecule has 0 atom stereocenters. The molecule has 2 aromatic heterocycles. The van der Waals surface area contributed by atoms with Crippen LogP contribution in [0.15, 0.2) is 46.3 Å². The zero-order valence-corrected chi connectivity index (χ0v) is 14.1. The number of hydrogen-bond acceptors (Lipinski definition) is 4. The average Bonchev–Trinajstić information content (AvgIpc) is 2.92. The molecule has 0 saturated carbocycles. The maximum atomic E-state index is 12.7. The van der Waals surface area contributed by atoms with Gasteiger partial charge in [0.05, 0.1) is 11.1 Å². The molecule has 0 radical (unpaired) electrons. The van der Waals surface area contributed by atoms with Gasteiger partial charge >= 0.3 is 0 Å². The van der Waals surface area contributed by atoms with Crippen LogP contribution in [0.4, 0.5) is 0 Å². The summed E-state index contributed by atoms with van der Waals surface area (Å²) in [5, 5.41) is 1.14. The van der Waals surface area contributed by atoms with E-state index in [4.69, 9.17) is 0 Å². The van der Waals surface area contributed by atoms with Crippen LogP contribution in [0.2, 0.25) is 0 Å². The molecule has 0 aliphatic carbocycles. The first-order valence-corrected chi connectivity index (χ1v) is 8.55. The first-order valence-electron chi connectivity index (χ1n) is 7.32. The van der Waals surface area contributed by atoms with Gasteiger partial charge in [0.15, 0.2) is 5.16 Å². The number of rotatable bonds is 4. The summed E-state index contributed by atoms with van der Waals surface area (Å²) in [6.07, 6.45) is 1.89. The van der Waals surface area contributed by atoms with Crippen molar-refractivity contribution in [2.24, 2.45) is 7.05 Å². The molecular formula is C17H17N3O2S. The molecule has 0 aliphatic heterocycles. The van der Waals surface area contributed by atoms with E-state index in [0.717, 1.165) is 0 Å². The summed E-state index contributed by atoms with van der Waals surface area (Å²) in [6.45, 7) is 2.46. The highest BCUT2D eigenvalue weighted by molar-refractivity contribution is 7.98. The number of nitrogens with zero attached hydrogens (tertiary/aromatic N) is 3. The average molecular weight is 327 g/mol. The van der Waals surface area contributed by atoms with Gasteiger partial charge in [0.25, 0.3) is 5.56 Å². The van der Waals surface area contributed by atoms with E-state index in [-0.39, 0.29) is 11.3 Å². The monoisotopic (exact) mass is 327 g/mol. The predicted octanol–water partition coefficient (Wildman–Crippen LogP) is 2.71. The second-order valence-corrected chi connectivity index (χ2v) is 5.94. The molecule has 23 heavy (non-hydrogen) atoms. The second kappa shape index (κ2) is 6.04. The summed E-state index contributed by atoms with van der Waals surface area (Å²) < 4.78 is 3.33. The van der Waals surface area contributed by atoms with Crippen molar-refractivity contribution < 1.29 is 4.79 Å². The van der Waals surface area contributed by atoms with Gasteiger partial charge in [0.2, 0.25) is 5.78 Å². The van der Waals surface area contributed by atoms with Crippen molar-refractivity contribution in [2.75, 3.05) is 6.26 Å². The fourth-order valence-corrected chi connectivity index (χ4v) is 3.27. The molecular weight excluding hydrogens is 310 g/mol. The first kappa shape index (κ1) is 15.6. The van der Waals surface area contributed by atoms with Crippen LogP contribution >= 0.6 is 11.8 Å². The van der Waals surface area contributed by atoms with E-state index in [2.05, 4.69) is 4.98 Å². The Morgan fingerprint density at radius 3 is 2.57 bits per heavy atom. The lowest BCUT2D eigenvalue weighted by Crippen LogP contribution is -2.22. The topological polar surface area (TPSA) is 56.9 Å².